The molecule has 0 aliphatic carbocycles. The van der Waals surface area contributed by atoms with Crippen LogP contribution in [0.15, 0.2) is 30.5 Å². The lowest BCUT2D eigenvalue weighted by Crippen LogP contribution is -2.65. The standard InChI is InChI=1S/C16H17ClN2O2/c1-10(2)16(21)8-19(9-16)15(20)13-7-18-14(17)12-6-4-3-5-11(12)13/h3-7,10,21H,8-9H2,1-2H3. The van der Waals surface area contributed by atoms with Gasteiger partial charge in [-0.05, 0) is 11.3 Å². The van der Waals surface area contributed by atoms with Crippen LogP contribution in [0.25, 0.3) is 10.8 Å². The molecule has 2 heterocycles. The number of rotatable bonds is 2. The van der Waals surface area contributed by atoms with Gasteiger partial charge >= 0.3 is 0 Å². The first-order valence-electron chi connectivity index (χ1n) is 6.97. The highest BCUT2D eigenvalue weighted by Crippen LogP contribution is 2.31. The van der Waals surface area contributed by atoms with Crippen molar-refractivity contribution in [3.63, 3.8) is 0 Å². The molecule has 0 atom stereocenters. The summed E-state index contributed by atoms with van der Waals surface area (Å²) in [6.07, 6.45) is 1.51. The van der Waals surface area contributed by atoms with Gasteiger partial charge in [-0.2, -0.15) is 0 Å². The fraction of sp³-hybridized carbons (Fsp3) is 0.375. The lowest BCUT2D eigenvalue weighted by Gasteiger charge is -2.49. The van der Waals surface area contributed by atoms with Gasteiger partial charge in [-0.15, -0.1) is 0 Å². The van der Waals surface area contributed by atoms with E-state index in [1.807, 2.05) is 38.1 Å². The van der Waals surface area contributed by atoms with E-state index in [0.717, 1.165) is 10.8 Å². The Bertz CT molecular complexity index is 708. The van der Waals surface area contributed by atoms with E-state index < -0.39 is 5.60 Å². The molecule has 110 valence electrons. The third-order valence-corrected chi connectivity index (χ3v) is 4.57. The minimum absolute atomic E-state index is 0.110. The van der Waals surface area contributed by atoms with E-state index in [-0.39, 0.29) is 11.8 Å². The number of carbonyl (C=O) groups is 1. The van der Waals surface area contributed by atoms with E-state index in [2.05, 4.69) is 4.98 Å². The van der Waals surface area contributed by atoms with E-state index in [4.69, 9.17) is 11.6 Å². The molecule has 1 aliphatic heterocycles. The summed E-state index contributed by atoms with van der Waals surface area (Å²) in [6.45, 7) is 4.64. The van der Waals surface area contributed by atoms with Crippen LogP contribution in [-0.2, 0) is 0 Å². The first-order valence-corrected chi connectivity index (χ1v) is 7.35. The fourth-order valence-corrected chi connectivity index (χ4v) is 2.84. The minimum atomic E-state index is -0.773. The van der Waals surface area contributed by atoms with E-state index in [1.165, 1.54) is 6.20 Å². The van der Waals surface area contributed by atoms with E-state index in [1.54, 1.807) is 4.90 Å². The molecule has 0 radical (unpaired) electrons. The maximum absolute atomic E-state index is 12.6. The summed E-state index contributed by atoms with van der Waals surface area (Å²) in [4.78, 5) is 18.3. The van der Waals surface area contributed by atoms with Crippen molar-refractivity contribution in [1.29, 1.82) is 0 Å². The zero-order valence-corrected chi connectivity index (χ0v) is 12.8. The van der Waals surface area contributed by atoms with Gasteiger partial charge in [0.1, 0.15) is 10.8 Å². The topological polar surface area (TPSA) is 53.4 Å². The Balaban J connectivity index is 1.92. The van der Waals surface area contributed by atoms with Crippen molar-refractivity contribution in [3.8, 4) is 0 Å². The molecular formula is C16H17ClN2O2. The molecule has 4 nitrogen and oxygen atoms in total. The molecule has 0 saturated carbocycles. The summed E-state index contributed by atoms with van der Waals surface area (Å²) in [6, 6.07) is 7.45. The van der Waals surface area contributed by atoms with Crippen molar-refractivity contribution in [2.24, 2.45) is 5.92 Å². The molecule has 1 aliphatic rings. The van der Waals surface area contributed by atoms with Crippen LogP contribution in [0.2, 0.25) is 5.15 Å². The van der Waals surface area contributed by atoms with Crippen LogP contribution in [0.1, 0.15) is 24.2 Å². The average molecular weight is 305 g/mol. The normalized spacial score (nSPS) is 17.1. The molecular weight excluding hydrogens is 288 g/mol. The molecule has 1 N–H and O–H groups in total. The number of hydrogen-bond acceptors (Lipinski definition) is 3. The van der Waals surface area contributed by atoms with Crippen molar-refractivity contribution < 1.29 is 9.90 Å². The molecule has 0 unspecified atom stereocenters. The molecule has 0 bridgehead atoms. The van der Waals surface area contributed by atoms with Crippen molar-refractivity contribution in [2.75, 3.05) is 13.1 Å². The Kier molecular flexibility index (Phi) is 3.38. The van der Waals surface area contributed by atoms with Gasteiger partial charge in [0.2, 0.25) is 0 Å². The van der Waals surface area contributed by atoms with Gasteiger partial charge in [0.15, 0.2) is 0 Å². The number of aliphatic hydroxyl groups is 1. The van der Waals surface area contributed by atoms with E-state index in [0.29, 0.717) is 23.8 Å². The van der Waals surface area contributed by atoms with Gasteiger partial charge in [0.25, 0.3) is 5.91 Å². The highest BCUT2D eigenvalue weighted by Gasteiger charge is 2.46. The van der Waals surface area contributed by atoms with Gasteiger partial charge in [0, 0.05) is 11.6 Å². The number of likely N-dealkylation sites (tertiary alicyclic amines) is 1. The Morgan fingerprint density at radius 3 is 2.57 bits per heavy atom. The number of β-amino-alcohol motifs (C(OH)–C–C–N with tert-alkyl or cyclic N) is 1. The largest absolute Gasteiger partial charge is 0.386 e. The van der Waals surface area contributed by atoms with Gasteiger partial charge in [-0.1, -0.05) is 49.7 Å². The second-order valence-electron chi connectivity index (χ2n) is 5.93. The molecule has 3 rings (SSSR count). The second-order valence-corrected chi connectivity index (χ2v) is 6.29. The Morgan fingerprint density at radius 1 is 1.33 bits per heavy atom. The zero-order chi connectivity index (χ0) is 15.2. The van der Waals surface area contributed by atoms with Crippen molar-refractivity contribution >= 4 is 28.3 Å². The zero-order valence-electron chi connectivity index (χ0n) is 12.0. The van der Waals surface area contributed by atoms with E-state index >= 15 is 0 Å². The molecule has 5 heteroatoms. The van der Waals surface area contributed by atoms with Crippen LogP contribution in [0, 0.1) is 5.92 Å². The summed E-state index contributed by atoms with van der Waals surface area (Å²) in [5, 5.41) is 12.2. The maximum Gasteiger partial charge on any atom is 0.256 e. The Morgan fingerprint density at radius 2 is 1.95 bits per heavy atom. The average Bonchev–Trinajstić information content (AvgIpc) is 2.44. The number of amides is 1. The summed E-state index contributed by atoms with van der Waals surface area (Å²) in [5.74, 6) is 0.0160. The number of nitrogens with zero attached hydrogens (tertiary/aromatic N) is 2. The van der Waals surface area contributed by atoms with Crippen LogP contribution in [0.4, 0.5) is 0 Å². The summed E-state index contributed by atoms with van der Waals surface area (Å²) >= 11 is 6.07. The number of benzene rings is 1. The van der Waals surface area contributed by atoms with Crippen LogP contribution in [0.5, 0.6) is 0 Å². The first-order chi connectivity index (χ1) is 9.92. The third-order valence-electron chi connectivity index (χ3n) is 4.27. The quantitative estimate of drug-likeness (QED) is 0.868. The summed E-state index contributed by atoms with van der Waals surface area (Å²) in [5.41, 5.74) is -0.244. The number of pyridine rings is 1. The number of halogens is 1. The monoisotopic (exact) mass is 304 g/mol. The third kappa shape index (κ3) is 2.28. The summed E-state index contributed by atoms with van der Waals surface area (Å²) in [7, 11) is 0. The minimum Gasteiger partial charge on any atom is -0.386 e. The summed E-state index contributed by atoms with van der Waals surface area (Å²) < 4.78 is 0. The Hall–Kier alpha value is -1.65. The Labute approximate surface area is 128 Å². The molecule has 1 saturated heterocycles. The molecule has 0 spiro atoms. The molecule has 1 aromatic heterocycles. The highest BCUT2D eigenvalue weighted by molar-refractivity contribution is 6.34. The van der Waals surface area contributed by atoms with Gasteiger partial charge < -0.3 is 10.0 Å². The first kappa shape index (κ1) is 14.3. The van der Waals surface area contributed by atoms with Crippen LogP contribution < -0.4 is 0 Å². The van der Waals surface area contributed by atoms with E-state index in [9.17, 15) is 9.90 Å². The SMILES string of the molecule is CC(C)C1(O)CN(C(=O)c2cnc(Cl)c3ccccc23)C1. The number of aromatic nitrogens is 1. The maximum atomic E-state index is 12.6. The highest BCUT2D eigenvalue weighted by atomic mass is 35.5. The van der Waals surface area contributed by atoms with Crippen LogP contribution >= 0.6 is 11.6 Å². The second kappa shape index (κ2) is 4.97. The number of carbonyl (C=O) groups excluding carboxylic acids is 1. The number of hydrogen-bond donors (Lipinski definition) is 1. The molecule has 1 amide bonds. The van der Waals surface area contributed by atoms with Crippen LogP contribution in [0.3, 0.4) is 0 Å². The van der Waals surface area contributed by atoms with Crippen molar-refractivity contribution in [2.45, 2.75) is 19.4 Å². The van der Waals surface area contributed by atoms with Gasteiger partial charge in [-0.25, -0.2) is 4.98 Å². The molecule has 21 heavy (non-hydrogen) atoms. The number of fused-ring (bicyclic) bond motifs is 1. The predicted octanol–water partition coefficient (Wildman–Crippen LogP) is 2.73. The molecule has 1 aromatic carbocycles. The van der Waals surface area contributed by atoms with Gasteiger partial charge in [-0.3, -0.25) is 4.79 Å². The van der Waals surface area contributed by atoms with Crippen LogP contribution in [-0.4, -0.2) is 39.6 Å². The molecule has 2 aromatic rings. The predicted molar refractivity (Wildman–Crippen MR) is 82.4 cm³/mol. The van der Waals surface area contributed by atoms with Gasteiger partial charge in [0.05, 0.1) is 18.7 Å². The van der Waals surface area contributed by atoms with Crippen molar-refractivity contribution in [3.05, 3.63) is 41.2 Å². The van der Waals surface area contributed by atoms with Crippen molar-refractivity contribution in [1.82, 2.24) is 9.88 Å². The lowest BCUT2D eigenvalue weighted by atomic mass is 9.82. The smallest absolute Gasteiger partial charge is 0.256 e. The lowest BCUT2D eigenvalue weighted by molar-refractivity contribution is -0.110. The molecule has 1 fully saturated rings. The fourth-order valence-electron chi connectivity index (χ4n) is 2.62.